The second-order valence-corrected chi connectivity index (χ2v) is 6.26. The minimum absolute atomic E-state index is 0.162. The summed E-state index contributed by atoms with van der Waals surface area (Å²) in [6.45, 7) is 1.85. The van der Waals surface area contributed by atoms with Crippen LogP contribution in [0.4, 0.5) is 0 Å². The Hall–Kier alpha value is -1.26. The Labute approximate surface area is 133 Å². The van der Waals surface area contributed by atoms with Crippen molar-refractivity contribution >= 4 is 35.1 Å². The predicted octanol–water partition coefficient (Wildman–Crippen LogP) is 3.15. The number of hydrogen-bond donors (Lipinski definition) is 2. The van der Waals surface area contributed by atoms with Crippen LogP contribution in [0.5, 0.6) is 0 Å². The zero-order chi connectivity index (χ0) is 15.6. The van der Waals surface area contributed by atoms with Gasteiger partial charge in [-0.25, -0.2) is 0 Å². The summed E-state index contributed by atoms with van der Waals surface area (Å²) in [5.74, 6) is -2.08. The van der Waals surface area contributed by atoms with Crippen molar-refractivity contribution in [2.45, 2.75) is 32.2 Å². The first-order chi connectivity index (χ1) is 9.90. The molecule has 0 radical (unpaired) electrons. The molecule has 1 amide bonds. The zero-order valence-electron chi connectivity index (χ0n) is 11.6. The molecule has 1 aliphatic rings. The smallest absolute Gasteiger partial charge is 0.307 e. The first-order valence-electron chi connectivity index (χ1n) is 6.86. The highest BCUT2D eigenvalue weighted by molar-refractivity contribution is 6.36. The van der Waals surface area contributed by atoms with E-state index in [2.05, 4.69) is 5.32 Å². The number of halogens is 2. The highest BCUT2D eigenvalue weighted by atomic mass is 35.5. The summed E-state index contributed by atoms with van der Waals surface area (Å²) >= 11 is 12.2. The van der Waals surface area contributed by atoms with Gasteiger partial charge in [0.05, 0.1) is 11.8 Å². The topological polar surface area (TPSA) is 66.4 Å². The summed E-state index contributed by atoms with van der Waals surface area (Å²) in [5, 5.41) is 13.0. The minimum atomic E-state index is -0.900. The summed E-state index contributed by atoms with van der Waals surface area (Å²) in [7, 11) is 0. The fourth-order valence-electron chi connectivity index (χ4n) is 2.54. The molecule has 0 heterocycles. The van der Waals surface area contributed by atoms with Crippen LogP contribution in [0.2, 0.25) is 10.0 Å². The van der Waals surface area contributed by atoms with Gasteiger partial charge in [0.15, 0.2) is 0 Å². The number of hydrogen-bond acceptors (Lipinski definition) is 2. The van der Waals surface area contributed by atoms with Crippen LogP contribution in [0, 0.1) is 11.8 Å². The van der Waals surface area contributed by atoms with Crippen molar-refractivity contribution in [1.82, 2.24) is 5.32 Å². The Balaban J connectivity index is 1.94. The lowest BCUT2D eigenvalue weighted by Crippen LogP contribution is -2.47. The molecule has 0 aromatic heterocycles. The Morgan fingerprint density at radius 3 is 2.33 bits per heavy atom. The lowest BCUT2D eigenvalue weighted by molar-refractivity contribution is -0.152. The maximum absolute atomic E-state index is 12.1. The van der Waals surface area contributed by atoms with Gasteiger partial charge in [0.2, 0.25) is 5.91 Å². The average Bonchev–Trinajstić information content (AvgIpc) is 2.31. The van der Waals surface area contributed by atoms with Crippen LogP contribution in [0.3, 0.4) is 0 Å². The number of aliphatic carboxylic acids is 1. The van der Waals surface area contributed by atoms with Gasteiger partial charge in [-0.15, -0.1) is 0 Å². The van der Waals surface area contributed by atoms with E-state index in [4.69, 9.17) is 28.3 Å². The largest absolute Gasteiger partial charge is 0.481 e. The van der Waals surface area contributed by atoms with E-state index >= 15 is 0 Å². The third-order valence-corrected chi connectivity index (χ3v) is 4.60. The summed E-state index contributed by atoms with van der Waals surface area (Å²) in [6, 6.07) is 5.11. The number of carboxylic acid groups (broad SMARTS) is 1. The van der Waals surface area contributed by atoms with Crippen molar-refractivity contribution in [2.24, 2.45) is 11.8 Å². The molecule has 2 rings (SSSR count). The van der Waals surface area contributed by atoms with Gasteiger partial charge in [-0.1, -0.05) is 29.3 Å². The molecule has 1 aliphatic carbocycles. The van der Waals surface area contributed by atoms with E-state index in [9.17, 15) is 9.59 Å². The molecule has 3 unspecified atom stereocenters. The molecule has 6 heteroatoms. The number of amides is 1. The second-order valence-electron chi connectivity index (χ2n) is 5.44. The molecular weight excluding hydrogens is 313 g/mol. The molecule has 21 heavy (non-hydrogen) atoms. The molecule has 0 aliphatic heterocycles. The molecule has 4 nitrogen and oxygen atoms in total. The molecular formula is C15H17Cl2NO3. The van der Waals surface area contributed by atoms with Gasteiger partial charge in [-0.2, -0.15) is 0 Å². The molecule has 1 saturated carbocycles. The SMILES string of the molecule is CC(Cc1c(Cl)cccc1Cl)NC(=O)C1CCC1C(=O)O. The Kier molecular flexibility index (Phi) is 5.12. The standard InChI is InChI=1S/C15H17Cl2NO3/c1-8(7-11-12(16)3-2-4-13(11)17)18-14(19)9-5-6-10(9)15(20)21/h2-4,8-10H,5-7H2,1H3,(H,18,19)(H,20,21). The monoisotopic (exact) mass is 329 g/mol. The second kappa shape index (κ2) is 6.67. The summed E-state index contributed by atoms with van der Waals surface area (Å²) in [5.41, 5.74) is 0.789. The van der Waals surface area contributed by atoms with Crippen LogP contribution in [-0.4, -0.2) is 23.0 Å². The molecule has 1 aromatic rings. The van der Waals surface area contributed by atoms with Crippen molar-refractivity contribution in [3.8, 4) is 0 Å². The van der Waals surface area contributed by atoms with Gasteiger partial charge in [-0.3, -0.25) is 9.59 Å². The predicted molar refractivity (Wildman–Crippen MR) is 81.6 cm³/mol. The molecule has 0 saturated heterocycles. The van der Waals surface area contributed by atoms with Crippen molar-refractivity contribution in [3.05, 3.63) is 33.8 Å². The number of benzene rings is 1. The van der Waals surface area contributed by atoms with E-state index < -0.39 is 17.8 Å². The molecule has 2 N–H and O–H groups in total. The van der Waals surface area contributed by atoms with Crippen molar-refractivity contribution in [3.63, 3.8) is 0 Å². The highest BCUT2D eigenvalue weighted by Gasteiger charge is 2.41. The van der Waals surface area contributed by atoms with Crippen molar-refractivity contribution in [1.29, 1.82) is 0 Å². The Morgan fingerprint density at radius 1 is 1.29 bits per heavy atom. The van der Waals surface area contributed by atoms with E-state index in [0.29, 0.717) is 29.3 Å². The number of carbonyl (C=O) groups is 2. The van der Waals surface area contributed by atoms with Crippen LogP contribution in [0.25, 0.3) is 0 Å². The lowest BCUT2D eigenvalue weighted by Gasteiger charge is -2.33. The quantitative estimate of drug-likeness (QED) is 0.871. The summed E-state index contributed by atoms with van der Waals surface area (Å²) in [6.07, 6.45) is 1.70. The van der Waals surface area contributed by atoms with Gasteiger partial charge >= 0.3 is 5.97 Å². The van der Waals surface area contributed by atoms with Crippen LogP contribution in [0.15, 0.2) is 18.2 Å². The van der Waals surface area contributed by atoms with Crippen molar-refractivity contribution < 1.29 is 14.7 Å². The average molecular weight is 330 g/mol. The maximum Gasteiger partial charge on any atom is 0.307 e. The number of nitrogens with one attached hydrogen (secondary N) is 1. The Morgan fingerprint density at radius 2 is 1.86 bits per heavy atom. The van der Waals surface area contributed by atoms with Crippen LogP contribution >= 0.6 is 23.2 Å². The molecule has 0 spiro atoms. The van der Waals surface area contributed by atoms with E-state index in [1.54, 1.807) is 18.2 Å². The van der Waals surface area contributed by atoms with Gasteiger partial charge in [-0.05, 0) is 43.9 Å². The fourth-order valence-corrected chi connectivity index (χ4v) is 3.10. The molecule has 114 valence electrons. The van der Waals surface area contributed by atoms with Gasteiger partial charge < -0.3 is 10.4 Å². The van der Waals surface area contributed by atoms with Gasteiger partial charge in [0, 0.05) is 16.1 Å². The number of carbonyl (C=O) groups excluding carboxylic acids is 1. The van der Waals surface area contributed by atoms with E-state index in [-0.39, 0.29) is 11.9 Å². The normalized spacial score (nSPS) is 22.2. The number of rotatable bonds is 5. The van der Waals surface area contributed by atoms with Crippen molar-refractivity contribution in [2.75, 3.05) is 0 Å². The maximum atomic E-state index is 12.1. The third-order valence-electron chi connectivity index (χ3n) is 3.89. The van der Waals surface area contributed by atoms with E-state index in [0.717, 1.165) is 5.56 Å². The highest BCUT2D eigenvalue weighted by Crippen LogP contribution is 2.34. The Bertz CT molecular complexity index is 542. The van der Waals surface area contributed by atoms with Crippen LogP contribution < -0.4 is 5.32 Å². The minimum Gasteiger partial charge on any atom is -0.481 e. The first kappa shape index (κ1) is 16.1. The van der Waals surface area contributed by atoms with E-state index in [1.165, 1.54) is 0 Å². The molecule has 1 fully saturated rings. The summed E-state index contributed by atoms with van der Waals surface area (Å²) < 4.78 is 0. The fraction of sp³-hybridized carbons (Fsp3) is 0.467. The molecule has 0 bridgehead atoms. The van der Waals surface area contributed by atoms with E-state index in [1.807, 2.05) is 6.92 Å². The van der Waals surface area contributed by atoms with Crippen LogP contribution in [-0.2, 0) is 16.0 Å². The van der Waals surface area contributed by atoms with Crippen LogP contribution in [0.1, 0.15) is 25.3 Å². The molecule has 1 aromatic carbocycles. The van der Waals surface area contributed by atoms with Gasteiger partial charge in [0.1, 0.15) is 0 Å². The first-order valence-corrected chi connectivity index (χ1v) is 7.61. The van der Waals surface area contributed by atoms with Gasteiger partial charge in [0.25, 0.3) is 0 Å². The molecule has 3 atom stereocenters. The third kappa shape index (κ3) is 3.69. The zero-order valence-corrected chi connectivity index (χ0v) is 13.1. The number of carboxylic acids is 1. The summed E-state index contributed by atoms with van der Waals surface area (Å²) in [4.78, 5) is 23.0. The lowest BCUT2D eigenvalue weighted by atomic mass is 9.73.